The summed E-state index contributed by atoms with van der Waals surface area (Å²) in [6.45, 7) is -0.680. The minimum atomic E-state index is -4.70. The average molecular weight is 277 g/mol. The molecule has 0 bridgehead atoms. The van der Waals surface area contributed by atoms with E-state index >= 15 is 0 Å². The van der Waals surface area contributed by atoms with Crippen LogP contribution in [0, 0.1) is 0 Å². The second kappa shape index (κ2) is 5.70. The van der Waals surface area contributed by atoms with E-state index in [-0.39, 0.29) is 0 Å². The second-order valence-corrected chi connectivity index (χ2v) is 3.61. The van der Waals surface area contributed by atoms with Gasteiger partial charge in [0.1, 0.15) is 0 Å². The summed E-state index contributed by atoms with van der Waals surface area (Å²) in [7, 11) is 0. The molecule has 0 saturated heterocycles. The summed E-state index contributed by atoms with van der Waals surface area (Å²) in [6, 6.07) is 4.08. The molecule has 0 aliphatic carbocycles. The molecule has 8 heteroatoms. The monoisotopic (exact) mass is 277 g/mol. The maximum absolute atomic E-state index is 12.6. The molecule has 0 saturated carbocycles. The van der Waals surface area contributed by atoms with Crippen LogP contribution in [0.1, 0.15) is 15.9 Å². The van der Waals surface area contributed by atoms with Crippen LogP contribution in [-0.4, -0.2) is 34.7 Å². The SMILES string of the molecule is O=C(NC[C@H](O)C(=O)O)c1ccccc1C(F)(F)F. The lowest BCUT2D eigenvalue weighted by Gasteiger charge is -2.13. The van der Waals surface area contributed by atoms with E-state index < -0.39 is 41.8 Å². The van der Waals surface area contributed by atoms with Gasteiger partial charge in [-0.15, -0.1) is 0 Å². The van der Waals surface area contributed by atoms with Crippen molar-refractivity contribution in [2.24, 2.45) is 0 Å². The van der Waals surface area contributed by atoms with Gasteiger partial charge in [-0.05, 0) is 12.1 Å². The van der Waals surface area contributed by atoms with Crippen LogP contribution in [0.5, 0.6) is 0 Å². The molecule has 104 valence electrons. The van der Waals surface area contributed by atoms with Gasteiger partial charge >= 0.3 is 12.1 Å². The number of hydrogen-bond donors (Lipinski definition) is 3. The number of nitrogens with one attached hydrogen (secondary N) is 1. The molecule has 1 aromatic carbocycles. The molecule has 1 amide bonds. The van der Waals surface area contributed by atoms with Crippen molar-refractivity contribution in [2.75, 3.05) is 6.54 Å². The number of aliphatic carboxylic acids is 1. The topological polar surface area (TPSA) is 86.6 Å². The standard InChI is InChI=1S/C11H10F3NO4/c12-11(13,14)7-4-2-1-3-6(7)9(17)15-5-8(16)10(18)19/h1-4,8,16H,5H2,(H,15,17)(H,18,19)/t8-/m0/s1. The second-order valence-electron chi connectivity index (χ2n) is 3.61. The van der Waals surface area contributed by atoms with Crippen molar-refractivity contribution in [2.45, 2.75) is 12.3 Å². The Morgan fingerprint density at radius 1 is 1.26 bits per heavy atom. The summed E-state index contributed by atoms with van der Waals surface area (Å²) in [5, 5.41) is 19.2. The van der Waals surface area contributed by atoms with E-state index in [1.807, 2.05) is 5.32 Å². The van der Waals surface area contributed by atoms with Crippen LogP contribution >= 0.6 is 0 Å². The molecule has 1 rings (SSSR count). The molecule has 0 aliphatic rings. The molecule has 1 atom stereocenters. The number of aliphatic hydroxyl groups excluding tert-OH is 1. The highest BCUT2D eigenvalue weighted by Gasteiger charge is 2.34. The lowest BCUT2D eigenvalue weighted by Crippen LogP contribution is -2.37. The molecule has 5 nitrogen and oxygen atoms in total. The van der Waals surface area contributed by atoms with Crippen molar-refractivity contribution in [1.29, 1.82) is 0 Å². The van der Waals surface area contributed by atoms with Gasteiger partial charge in [-0.1, -0.05) is 12.1 Å². The van der Waals surface area contributed by atoms with Gasteiger partial charge in [-0.3, -0.25) is 4.79 Å². The molecule has 0 fully saturated rings. The maximum Gasteiger partial charge on any atom is 0.417 e. The van der Waals surface area contributed by atoms with E-state index in [0.717, 1.165) is 18.2 Å². The van der Waals surface area contributed by atoms with E-state index in [0.29, 0.717) is 0 Å². The Labute approximate surface area is 105 Å². The number of carbonyl (C=O) groups excluding carboxylic acids is 1. The summed E-state index contributed by atoms with van der Waals surface area (Å²) >= 11 is 0. The Morgan fingerprint density at radius 3 is 2.37 bits per heavy atom. The Morgan fingerprint density at radius 2 is 1.84 bits per heavy atom. The molecule has 3 N–H and O–H groups in total. The van der Waals surface area contributed by atoms with Crippen molar-refractivity contribution < 1.29 is 33.0 Å². The molecule has 0 aliphatic heterocycles. The Balaban J connectivity index is 2.86. The van der Waals surface area contributed by atoms with Gasteiger partial charge in [0.25, 0.3) is 5.91 Å². The van der Waals surface area contributed by atoms with Gasteiger partial charge < -0.3 is 15.5 Å². The minimum Gasteiger partial charge on any atom is -0.479 e. The number of carboxylic acid groups (broad SMARTS) is 1. The van der Waals surface area contributed by atoms with Crippen molar-refractivity contribution in [1.82, 2.24) is 5.32 Å². The van der Waals surface area contributed by atoms with Crippen LogP contribution in [-0.2, 0) is 11.0 Å². The summed E-state index contributed by atoms with van der Waals surface area (Å²) in [5.74, 6) is -2.68. The zero-order valence-corrected chi connectivity index (χ0v) is 9.44. The van der Waals surface area contributed by atoms with E-state index in [1.165, 1.54) is 6.07 Å². The van der Waals surface area contributed by atoms with Gasteiger partial charge in [-0.25, -0.2) is 4.79 Å². The number of amides is 1. The predicted molar refractivity (Wildman–Crippen MR) is 57.4 cm³/mol. The minimum absolute atomic E-state index is 0.632. The third kappa shape index (κ3) is 3.95. The van der Waals surface area contributed by atoms with Crippen LogP contribution < -0.4 is 5.32 Å². The molecular formula is C11H10F3NO4. The van der Waals surface area contributed by atoms with Crippen LogP contribution in [0.3, 0.4) is 0 Å². The number of alkyl halides is 3. The number of carboxylic acids is 1. The fourth-order valence-electron chi connectivity index (χ4n) is 1.30. The van der Waals surface area contributed by atoms with Crippen LogP contribution in [0.25, 0.3) is 0 Å². The fourth-order valence-corrected chi connectivity index (χ4v) is 1.30. The Hall–Kier alpha value is -2.09. The molecule has 0 unspecified atom stereocenters. The Bertz CT molecular complexity index is 487. The highest BCUT2D eigenvalue weighted by molar-refractivity contribution is 5.96. The van der Waals surface area contributed by atoms with Crippen LogP contribution in [0.2, 0.25) is 0 Å². The first-order chi connectivity index (χ1) is 8.73. The lowest BCUT2D eigenvalue weighted by molar-refractivity contribution is -0.146. The number of benzene rings is 1. The van der Waals surface area contributed by atoms with E-state index in [1.54, 1.807) is 0 Å². The largest absolute Gasteiger partial charge is 0.479 e. The highest BCUT2D eigenvalue weighted by Crippen LogP contribution is 2.31. The maximum atomic E-state index is 12.6. The van der Waals surface area contributed by atoms with Gasteiger partial charge in [-0.2, -0.15) is 13.2 Å². The van der Waals surface area contributed by atoms with Crippen molar-refractivity contribution >= 4 is 11.9 Å². The summed E-state index contributed by atoms with van der Waals surface area (Å²) < 4.78 is 37.8. The van der Waals surface area contributed by atoms with E-state index in [4.69, 9.17) is 10.2 Å². The molecule has 0 aromatic heterocycles. The average Bonchev–Trinajstić information content (AvgIpc) is 2.34. The van der Waals surface area contributed by atoms with Gasteiger partial charge in [0.2, 0.25) is 0 Å². The number of rotatable bonds is 4. The summed E-state index contributed by atoms with van der Waals surface area (Å²) in [6.07, 6.45) is -6.57. The number of halogens is 3. The fraction of sp³-hybridized carbons (Fsp3) is 0.273. The highest BCUT2D eigenvalue weighted by atomic mass is 19.4. The van der Waals surface area contributed by atoms with E-state index in [9.17, 15) is 22.8 Å². The van der Waals surface area contributed by atoms with Crippen molar-refractivity contribution in [3.05, 3.63) is 35.4 Å². The number of carbonyl (C=O) groups is 2. The normalized spacial score (nSPS) is 12.8. The molecule has 0 spiro atoms. The third-order valence-corrected chi connectivity index (χ3v) is 2.22. The van der Waals surface area contributed by atoms with Crippen LogP contribution in [0.15, 0.2) is 24.3 Å². The predicted octanol–water partition coefficient (Wildman–Crippen LogP) is 0.881. The van der Waals surface area contributed by atoms with Crippen LogP contribution in [0.4, 0.5) is 13.2 Å². The van der Waals surface area contributed by atoms with Gasteiger partial charge in [0.15, 0.2) is 6.10 Å². The molecular weight excluding hydrogens is 267 g/mol. The lowest BCUT2D eigenvalue weighted by atomic mass is 10.1. The van der Waals surface area contributed by atoms with Crippen molar-refractivity contribution in [3.63, 3.8) is 0 Å². The summed E-state index contributed by atoms with van der Waals surface area (Å²) in [4.78, 5) is 21.8. The first-order valence-corrected chi connectivity index (χ1v) is 5.08. The summed E-state index contributed by atoms with van der Waals surface area (Å²) in [5.41, 5.74) is -1.76. The first-order valence-electron chi connectivity index (χ1n) is 5.08. The third-order valence-electron chi connectivity index (χ3n) is 2.22. The molecule has 0 radical (unpaired) electrons. The smallest absolute Gasteiger partial charge is 0.417 e. The zero-order chi connectivity index (χ0) is 14.6. The van der Waals surface area contributed by atoms with Gasteiger partial charge in [0, 0.05) is 0 Å². The Kier molecular flexibility index (Phi) is 4.49. The number of aliphatic hydroxyl groups is 1. The van der Waals surface area contributed by atoms with Gasteiger partial charge in [0.05, 0.1) is 17.7 Å². The first kappa shape index (κ1) is 15.0. The molecule has 0 heterocycles. The van der Waals surface area contributed by atoms with E-state index in [2.05, 4.69) is 0 Å². The van der Waals surface area contributed by atoms with Crippen molar-refractivity contribution in [3.8, 4) is 0 Å². The molecule has 1 aromatic rings. The molecule has 19 heavy (non-hydrogen) atoms. The quantitative estimate of drug-likeness (QED) is 0.762. The zero-order valence-electron chi connectivity index (χ0n) is 9.44. The number of hydrogen-bond acceptors (Lipinski definition) is 3.